The molecule has 3 nitrogen and oxygen atoms in total. The van der Waals surface area contributed by atoms with Gasteiger partial charge in [-0.15, -0.1) is 0 Å². The van der Waals surface area contributed by atoms with Gasteiger partial charge in [0.1, 0.15) is 5.82 Å². The van der Waals surface area contributed by atoms with E-state index in [9.17, 15) is 9.18 Å². The standard InChI is InChI=1S/C16H19FN2O/c17-15-6-2-1-4-13(15)11-19(14-7-8-14)16(20)12-5-3-9-18-10-12/h1-4,6,9,12,14,18H,5,7-8,10-11H2. The van der Waals surface area contributed by atoms with Crippen LogP contribution in [0.1, 0.15) is 24.8 Å². The van der Waals surface area contributed by atoms with E-state index in [-0.39, 0.29) is 17.6 Å². The molecule has 1 N–H and O–H groups in total. The fraction of sp³-hybridized carbons (Fsp3) is 0.438. The predicted octanol–water partition coefficient (Wildman–Crippen LogP) is 2.44. The van der Waals surface area contributed by atoms with Gasteiger partial charge in [-0.05, 0) is 31.5 Å². The van der Waals surface area contributed by atoms with Gasteiger partial charge in [-0.3, -0.25) is 4.79 Å². The first-order valence-electron chi connectivity index (χ1n) is 7.18. The molecule has 0 aromatic heterocycles. The van der Waals surface area contributed by atoms with Crippen LogP contribution >= 0.6 is 0 Å². The molecule has 1 saturated carbocycles. The molecule has 0 saturated heterocycles. The van der Waals surface area contributed by atoms with Gasteiger partial charge in [0.2, 0.25) is 5.91 Å². The first kappa shape index (κ1) is 13.2. The van der Waals surface area contributed by atoms with Crippen LogP contribution in [0.4, 0.5) is 4.39 Å². The van der Waals surface area contributed by atoms with Crippen LogP contribution in [0.15, 0.2) is 36.5 Å². The van der Waals surface area contributed by atoms with Crippen LogP contribution in [0.25, 0.3) is 0 Å². The summed E-state index contributed by atoms with van der Waals surface area (Å²) in [7, 11) is 0. The minimum Gasteiger partial charge on any atom is -0.390 e. The van der Waals surface area contributed by atoms with E-state index in [0.29, 0.717) is 24.7 Å². The molecule has 1 fully saturated rings. The highest BCUT2D eigenvalue weighted by atomic mass is 19.1. The highest BCUT2D eigenvalue weighted by molar-refractivity contribution is 5.80. The average Bonchev–Trinajstić information content (AvgIpc) is 3.31. The number of halogens is 1. The van der Waals surface area contributed by atoms with Crippen LogP contribution in [-0.4, -0.2) is 23.4 Å². The number of benzene rings is 1. The van der Waals surface area contributed by atoms with E-state index in [1.807, 2.05) is 23.2 Å². The Hall–Kier alpha value is -1.84. The van der Waals surface area contributed by atoms with E-state index in [4.69, 9.17) is 0 Å². The first-order valence-corrected chi connectivity index (χ1v) is 7.18. The third-order valence-electron chi connectivity index (χ3n) is 3.94. The molecule has 0 bridgehead atoms. The number of amides is 1. The van der Waals surface area contributed by atoms with Gasteiger partial charge in [0.05, 0.1) is 5.92 Å². The van der Waals surface area contributed by atoms with Crippen LogP contribution in [-0.2, 0) is 11.3 Å². The van der Waals surface area contributed by atoms with Crippen molar-refractivity contribution in [3.05, 3.63) is 47.9 Å². The van der Waals surface area contributed by atoms with Crippen LogP contribution < -0.4 is 5.32 Å². The highest BCUT2D eigenvalue weighted by Gasteiger charge is 2.36. The minimum atomic E-state index is -0.229. The number of carbonyl (C=O) groups is 1. The average molecular weight is 274 g/mol. The number of nitrogens with zero attached hydrogens (tertiary/aromatic N) is 1. The normalized spacial score (nSPS) is 21.4. The SMILES string of the molecule is O=C(C1CC=CNC1)N(Cc1ccccc1F)C1CC1. The minimum absolute atomic E-state index is 0.0210. The second kappa shape index (κ2) is 5.65. The fourth-order valence-electron chi connectivity index (χ4n) is 2.62. The zero-order valence-corrected chi connectivity index (χ0v) is 11.4. The molecule has 0 spiro atoms. The van der Waals surface area contributed by atoms with Gasteiger partial charge in [-0.2, -0.15) is 0 Å². The lowest BCUT2D eigenvalue weighted by molar-refractivity contribution is -0.136. The van der Waals surface area contributed by atoms with Gasteiger partial charge < -0.3 is 10.2 Å². The fourth-order valence-corrected chi connectivity index (χ4v) is 2.62. The summed E-state index contributed by atoms with van der Waals surface area (Å²) in [5.74, 6) is -0.104. The summed E-state index contributed by atoms with van der Waals surface area (Å²) in [6, 6.07) is 7.01. The molecule has 4 heteroatoms. The summed E-state index contributed by atoms with van der Waals surface area (Å²) in [6.07, 6.45) is 6.72. The summed E-state index contributed by atoms with van der Waals surface area (Å²) in [5, 5.41) is 3.10. The molecule has 0 radical (unpaired) electrons. The van der Waals surface area contributed by atoms with Crippen LogP contribution in [0, 0.1) is 11.7 Å². The lowest BCUT2D eigenvalue weighted by Gasteiger charge is -2.28. The van der Waals surface area contributed by atoms with Crippen molar-refractivity contribution in [3.63, 3.8) is 0 Å². The van der Waals surface area contributed by atoms with E-state index in [1.54, 1.807) is 12.1 Å². The zero-order valence-electron chi connectivity index (χ0n) is 11.4. The largest absolute Gasteiger partial charge is 0.390 e. The number of hydrogen-bond donors (Lipinski definition) is 1. The monoisotopic (exact) mass is 274 g/mol. The van der Waals surface area contributed by atoms with Gasteiger partial charge in [-0.25, -0.2) is 4.39 Å². The molecule has 20 heavy (non-hydrogen) atoms. The van der Waals surface area contributed by atoms with E-state index in [0.717, 1.165) is 19.3 Å². The Kier molecular flexibility index (Phi) is 3.72. The van der Waals surface area contributed by atoms with Gasteiger partial charge in [0.25, 0.3) is 0 Å². The van der Waals surface area contributed by atoms with Crippen molar-refractivity contribution in [1.82, 2.24) is 10.2 Å². The maximum absolute atomic E-state index is 13.8. The predicted molar refractivity (Wildman–Crippen MR) is 75.2 cm³/mol. The van der Waals surface area contributed by atoms with Crippen LogP contribution in [0.3, 0.4) is 0 Å². The molecule has 3 rings (SSSR count). The molecular weight excluding hydrogens is 255 g/mol. The smallest absolute Gasteiger partial charge is 0.228 e. The second-order valence-corrected chi connectivity index (χ2v) is 5.53. The Morgan fingerprint density at radius 3 is 2.80 bits per heavy atom. The Morgan fingerprint density at radius 1 is 1.35 bits per heavy atom. The Balaban J connectivity index is 1.74. The maximum Gasteiger partial charge on any atom is 0.228 e. The van der Waals surface area contributed by atoms with Gasteiger partial charge >= 0.3 is 0 Å². The van der Waals surface area contributed by atoms with Crippen molar-refractivity contribution < 1.29 is 9.18 Å². The molecular formula is C16H19FN2O. The lowest BCUT2D eigenvalue weighted by atomic mass is 10.0. The number of nitrogens with one attached hydrogen (secondary N) is 1. The Bertz CT molecular complexity index is 525. The molecule has 1 atom stereocenters. The van der Waals surface area contributed by atoms with Crippen LogP contribution in [0.2, 0.25) is 0 Å². The molecule has 1 aromatic carbocycles. The molecule has 1 heterocycles. The van der Waals surface area contributed by atoms with Crippen molar-refractivity contribution >= 4 is 5.91 Å². The van der Waals surface area contributed by atoms with Crippen molar-refractivity contribution in [2.24, 2.45) is 5.92 Å². The third kappa shape index (κ3) is 2.84. The maximum atomic E-state index is 13.8. The van der Waals surface area contributed by atoms with E-state index < -0.39 is 0 Å². The Morgan fingerprint density at radius 2 is 2.15 bits per heavy atom. The molecule has 1 amide bonds. The molecule has 1 aliphatic heterocycles. The zero-order chi connectivity index (χ0) is 13.9. The van der Waals surface area contributed by atoms with Crippen LogP contribution in [0.5, 0.6) is 0 Å². The van der Waals surface area contributed by atoms with Gasteiger partial charge in [0.15, 0.2) is 0 Å². The first-order chi connectivity index (χ1) is 9.75. The summed E-state index contributed by atoms with van der Waals surface area (Å²) >= 11 is 0. The lowest BCUT2D eigenvalue weighted by Crippen LogP contribution is -2.41. The molecule has 1 unspecified atom stereocenters. The van der Waals surface area contributed by atoms with E-state index in [2.05, 4.69) is 5.32 Å². The van der Waals surface area contributed by atoms with Crippen molar-refractivity contribution in [1.29, 1.82) is 0 Å². The number of carbonyl (C=O) groups excluding carboxylic acids is 1. The number of rotatable bonds is 4. The Labute approximate surface area is 118 Å². The third-order valence-corrected chi connectivity index (χ3v) is 3.94. The van der Waals surface area contributed by atoms with Crippen molar-refractivity contribution in [2.45, 2.75) is 31.8 Å². The summed E-state index contributed by atoms with van der Waals surface area (Å²) < 4.78 is 13.8. The quantitative estimate of drug-likeness (QED) is 0.914. The topological polar surface area (TPSA) is 32.3 Å². The molecule has 106 valence electrons. The highest BCUT2D eigenvalue weighted by Crippen LogP contribution is 2.30. The summed E-state index contributed by atoms with van der Waals surface area (Å²) in [5.41, 5.74) is 0.604. The summed E-state index contributed by atoms with van der Waals surface area (Å²) in [6.45, 7) is 1.06. The summed E-state index contributed by atoms with van der Waals surface area (Å²) in [4.78, 5) is 14.5. The molecule has 1 aromatic rings. The van der Waals surface area contributed by atoms with Gasteiger partial charge in [-0.1, -0.05) is 24.3 Å². The number of hydrogen-bond acceptors (Lipinski definition) is 2. The molecule has 2 aliphatic rings. The number of allylic oxidation sites excluding steroid dienone is 1. The van der Waals surface area contributed by atoms with Gasteiger partial charge in [0, 0.05) is 24.7 Å². The van der Waals surface area contributed by atoms with E-state index >= 15 is 0 Å². The van der Waals surface area contributed by atoms with Crippen molar-refractivity contribution in [3.8, 4) is 0 Å². The van der Waals surface area contributed by atoms with Crippen molar-refractivity contribution in [2.75, 3.05) is 6.54 Å². The second-order valence-electron chi connectivity index (χ2n) is 5.53. The molecule has 1 aliphatic carbocycles. The van der Waals surface area contributed by atoms with E-state index in [1.165, 1.54) is 6.07 Å².